The van der Waals surface area contributed by atoms with Gasteiger partial charge in [0.1, 0.15) is 0 Å². The number of aryl methyl sites for hydroxylation is 1. The molecule has 0 radical (unpaired) electrons. The van der Waals surface area contributed by atoms with E-state index in [1.807, 2.05) is 31.6 Å². The summed E-state index contributed by atoms with van der Waals surface area (Å²) in [5.41, 5.74) is 3.52. The summed E-state index contributed by atoms with van der Waals surface area (Å²) in [4.78, 5) is 22.0. The van der Waals surface area contributed by atoms with Gasteiger partial charge in [-0.25, -0.2) is 13.1 Å². The highest BCUT2D eigenvalue weighted by atomic mass is 32.2. The van der Waals surface area contributed by atoms with Crippen molar-refractivity contribution in [2.45, 2.75) is 24.6 Å². The smallest absolute Gasteiger partial charge is 0.216 e. The minimum atomic E-state index is -3.60. The maximum atomic E-state index is 13.5. The van der Waals surface area contributed by atoms with Crippen molar-refractivity contribution in [3.05, 3.63) is 99.7 Å². The van der Waals surface area contributed by atoms with E-state index >= 15 is 0 Å². The average molecular weight is 474 g/mol. The van der Waals surface area contributed by atoms with Crippen molar-refractivity contribution in [1.82, 2.24) is 19.5 Å². The molecule has 0 fully saturated rings. The lowest BCUT2D eigenvalue weighted by molar-refractivity contribution is 0.580. The molecule has 0 saturated carbocycles. The van der Waals surface area contributed by atoms with Gasteiger partial charge in [-0.3, -0.25) is 19.5 Å². The number of benzene rings is 1. The van der Waals surface area contributed by atoms with Crippen LogP contribution < -0.4 is 10.2 Å². The maximum Gasteiger partial charge on any atom is 0.216 e. The highest BCUT2D eigenvalue weighted by molar-refractivity contribution is 7.88. The Balaban J connectivity index is 1.44. The molecule has 0 spiro atoms. The van der Waals surface area contributed by atoms with E-state index in [0.29, 0.717) is 28.6 Å². The van der Waals surface area contributed by atoms with E-state index in [9.17, 15) is 13.2 Å². The molecule has 34 heavy (non-hydrogen) atoms. The number of sulfonamides is 1. The van der Waals surface area contributed by atoms with E-state index in [4.69, 9.17) is 0 Å². The molecule has 0 aliphatic carbocycles. The zero-order valence-corrected chi connectivity index (χ0v) is 19.4. The normalized spacial score (nSPS) is 15.4. The Kier molecular flexibility index (Phi) is 5.80. The largest absolute Gasteiger partial charge is 0.289 e. The van der Waals surface area contributed by atoms with Crippen LogP contribution in [0.1, 0.15) is 28.2 Å². The van der Waals surface area contributed by atoms with E-state index in [0.717, 1.165) is 16.5 Å². The lowest BCUT2D eigenvalue weighted by Crippen LogP contribution is -2.24. The van der Waals surface area contributed by atoms with Gasteiger partial charge in [0.2, 0.25) is 10.0 Å². The van der Waals surface area contributed by atoms with Crippen molar-refractivity contribution in [1.29, 1.82) is 0 Å². The van der Waals surface area contributed by atoms with Crippen LogP contribution in [0.2, 0.25) is 0 Å². The van der Waals surface area contributed by atoms with Crippen molar-refractivity contribution in [3.63, 3.8) is 0 Å². The third kappa shape index (κ3) is 4.66. The Labute approximate surface area is 197 Å². The highest BCUT2D eigenvalue weighted by Gasteiger charge is 2.21. The Hall–Kier alpha value is -3.69. The van der Waals surface area contributed by atoms with Crippen LogP contribution in [0, 0.1) is 0 Å². The monoisotopic (exact) mass is 473 g/mol. The molecule has 4 aromatic rings. The van der Waals surface area contributed by atoms with Crippen LogP contribution in [0.25, 0.3) is 10.8 Å². The van der Waals surface area contributed by atoms with Crippen molar-refractivity contribution < 1.29 is 8.42 Å². The topological polar surface area (TPSA) is 106 Å². The molecule has 9 heteroatoms. The molecule has 1 aliphatic rings. The van der Waals surface area contributed by atoms with Gasteiger partial charge in [0.25, 0.3) is 0 Å². The van der Waals surface area contributed by atoms with Gasteiger partial charge in [-0.05, 0) is 52.8 Å². The highest BCUT2D eigenvalue weighted by Crippen LogP contribution is 2.29. The van der Waals surface area contributed by atoms with Crippen molar-refractivity contribution >= 4 is 32.7 Å². The Bertz CT molecular complexity index is 1560. The van der Waals surface area contributed by atoms with Crippen molar-refractivity contribution in [3.8, 4) is 0 Å². The molecule has 5 rings (SSSR count). The van der Waals surface area contributed by atoms with Crippen molar-refractivity contribution in [2.24, 2.45) is 12.0 Å². The van der Waals surface area contributed by atoms with Crippen LogP contribution in [0.3, 0.4) is 0 Å². The second-order valence-electron chi connectivity index (χ2n) is 8.42. The first-order chi connectivity index (χ1) is 16.4. The Morgan fingerprint density at radius 3 is 2.65 bits per heavy atom. The lowest BCUT2D eigenvalue weighted by atomic mass is 9.92. The van der Waals surface area contributed by atoms with Crippen LogP contribution in [0.5, 0.6) is 0 Å². The van der Waals surface area contributed by atoms with Crippen LogP contribution in [0.4, 0.5) is 5.69 Å². The molecule has 0 bridgehead atoms. The maximum absolute atomic E-state index is 13.5. The van der Waals surface area contributed by atoms with Gasteiger partial charge in [0, 0.05) is 55.3 Å². The van der Waals surface area contributed by atoms with Gasteiger partial charge < -0.3 is 0 Å². The second-order valence-corrected chi connectivity index (χ2v) is 10.2. The molecule has 1 atom stereocenters. The van der Waals surface area contributed by atoms with Gasteiger partial charge in [0.15, 0.2) is 5.43 Å². The zero-order valence-electron chi connectivity index (χ0n) is 18.5. The van der Waals surface area contributed by atoms with Gasteiger partial charge in [-0.15, -0.1) is 0 Å². The minimum absolute atomic E-state index is 0.0349. The molecule has 1 N–H and O–H groups in total. The SMILES string of the molecule is Cn1cc(C2C=Nc3ccc4ccc(CS(=O)(=O)NCc5ccncc5)cc4c(=O)c3C2)cn1. The molecule has 1 aliphatic heterocycles. The van der Waals surface area contributed by atoms with Crippen LogP contribution >= 0.6 is 0 Å². The third-order valence-electron chi connectivity index (χ3n) is 5.94. The van der Waals surface area contributed by atoms with Crippen LogP contribution in [-0.2, 0) is 35.8 Å². The number of aromatic nitrogens is 3. The molecule has 3 heterocycles. The fourth-order valence-electron chi connectivity index (χ4n) is 4.14. The zero-order chi connectivity index (χ0) is 23.7. The number of nitrogens with one attached hydrogen (secondary N) is 1. The number of hydrogen-bond acceptors (Lipinski definition) is 6. The van der Waals surface area contributed by atoms with Crippen LogP contribution in [0.15, 0.2) is 77.0 Å². The predicted molar refractivity (Wildman–Crippen MR) is 132 cm³/mol. The van der Waals surface area contributed by atoms with E-state index in [2.05, 4.69) is 19.8 Å². The number of hydrogen-bond donors (Lipinski definition) is 1. The average Bonchev–Trinajstić information content (AvgIpc) is 3.22. The van der Waals surface area contributed by atoms with Crippen molar-refractivity contribution in [2.75, 3.05) is 0 Å². The molecule has 0 amide bonds. The standard InChI is InChI=1S/C25H23N5O3S/c1-30-15-21(14-28-30)20-11-23-24(27-13-20)5-4-19-3-2-18(10-22(19)25(23)31)16-34(32,33)29-12-17-6-8-26-9-7-17/h2-10,13-15,20,29H,11-12,16H2,1H3. The first-order valence-electron chi connectivity index (χ1n) is 10.9. The summed E-state index contributed by atoms with van der Waals surface area (Å²) in [7, 11) is -1.74. The molecular formula is C25H23N5O3S. The minimum Gasteiger partial charge on any atom is -0.289 e. The summed E-state index contributed by atoms with van der Waals surface area (Å²) in [6.07, 6.45) is 9.32. The Morgan fingerprint density at radius 2 is 1.88 bits per heavy atom. The fraction of sp³-hybridized carbons (Fsp3) is 0.200. The predicted octanol–water partition coefficient (Wildman–Crippen LogP) is 2.99. The number of aliphatic imine (C=N–C) groups is 1. The van der Waals surface area contributed by atoms with E-state index < -0.39 is 10.0 Å². The van der Waals surface area contributed by atoms with Gasteiger partial charge >= 0.3 is 0 Å². The number of nitrogens with zero attached hydrogens (tertiary/aromatic N) is 4. The van der Waals surface area contributed by atoms with E-state index in [1.165, 1.54) is 0 Å². The first kappa shape index (κ1) is 22.1. The van der Waals surface area contributed by atoms with Crippen LogP contribution in [-0.4, -0.2) is 29.4 Å². The molecule has 172 valence electrons. The number of rotatable bonds is 6. The van der Waals surface area contributed by atoms with Gasteiger partial charge in [-0.2, -0.15) is 5.10 Å². The summed E-state index contributed by atoms with van der Waals surface area (Å²) in [5, 5.41) is 5.46. The molecule has 8 nitrogen and oxygen atoms in total. The second kappa shape index (κ2) is 8.92. The molecular weight excluding hydrogens is 450 g/mol. The third-order valence-corrected chi connectivity index (χ3v) is 7.24. The summed E-state index contributed by atoms with van der Waals surface area (Å²) in [6, 6.07) is 12.4. The summed E-state index contributed by atoms with van der Waals surface area (Å²) in [6.45, 7) is 0.182. The number of fused-ring (bicyclic) bond motifs is 2. The quantitative estimate of drug-likeness (QED) is 0.463. The van der Waals surface area contributed by atoms with Gasteiger partial charge in [0.05, 0.1) is 17.6 Å². The van der Waals surface area contributed by atoms with E-state index in [-0.39, 0.29) is 23.6 Å². The molecule has 2 aromatic heterocycles. The number of pyridine rings is 1. The Morgan fingerprint density at radius 1 is 1.09 bits per heavy atom. The molecule has 2 aromatic carbocycles. The summed E-state index contributed by atoms with van der Waals surface area (Å²) >= 11 is 0. The first-order valence-corrected chi connectivity index (χ1v) is 12.5. The summed E-state index contributed by atoms with van der Waals surface area (Å²) < 4.78 is 29.7. The fourth-order valence-corrected chi connectivity index (χ4v) is 5.25. The molecule has 1 unspecified atom stereocenters. The van der Waals surface area contributed by atoms with Gasteiger partial charge in [-0.1, -0.05) is 18.2 Å². The lowest BCUT2D eigenvalue weighted by Gasteiger charge is -2.15. The molecule has 0 saturated heterocycles. The van der Waals surface area contributed by atoms with E-state index in [1.54, 1.807) is 53.6 Å². The summed E-state index contributed by atoms with van der Waals surface area (Å²) in [5.74, 6) is -0.252.